The molecule has 2 aromatic carbocycles. The zero-order valence-corrected chi connectivity index (χ0v) is 20.5. The van der Waals surface area contributed by atoms with Gasteiger partial charge in [0, 0.05) is 42.6 Å². The Morgan fingerprint density at radius 1 is 1.14 bits per heavy atom. The van der Waals surface area contributed by atoms with E-state index in [0.29, 0.717) is 11.3 Å². The molecule has 0 fully saturated rings. The summed E-state index contributed by atoms with van der Waals surface area (Å²) in [6.07, 6.45) is 4.29. The number of hydrogen-bond acceptors (Lipinski definition) is 8. The molecule has 0 aliphatic heterocycles. The van der Waals surface area contributed by atoms with Gasteiger partial charge < -0.3 is 20.1 Å². The third-order valence-corrected chi connectivity index (χ3v) is 8.21. The molecule has 0 aliphatic carbocycles. The number of aromatic nitrogens is 3. The molecule has 4 rings (SSSR count). The largest absolute Gasteiger partial charge is 0.507 e. The first-order valence-corrected chi connectivity index (χ1v) is 13.0. The van der Waals surface area contributed by atoms with E-state index in [1.54, 1.807) is 36.8 Å². The summed E-state index contributed by atoms with van der Waals surface area (Å²) in [5.41, 5.74) is 2.38. The number of amides is 1. The summed E-state index contributed by atoms with van der Waals surface area (Å²) < 4.78 is 30.3. The van der Waals surface area contributed by atoms with Crippen LogP contribution in [0.4, 0.5) is 0 Å². The molecular formula is C25H26N4O6S. The number of rotatable bonds is 9. The van der Waals surface area contributed by atoms with Gasteiger partial charge in [-0.05, 0) is 30.7 Å². The number of hydrogen-bond donors (Lipinski definition) is 3. The lowest BCUT2D eigenvalue weighted by Crippen LogP contribution is -2.47. The van der Waals surface area contributed by atoms with Crippen LogP contribution in [0.25, 0.3) is 22.5 Å². The van der Waals surface area contributed by atoms with Crippen LogP contribution in [0.1, 0.15) is 29.9 Å². The standard InChI is InChI=1S/C25H26N4O6S/c1-25(36(2,33)34,16-26-24(32)20-8-3-4-9-21(20)30)13-23(31)29-15-19(14-27-29)17-6-5-7-18(12-17)22-10-11-28-35-22/h3-12,14-15,23,30-31H,13,16H2,1-2H3,(H,26,32). The molecule has 188 valence electrons. The summed E-state index contributed by atoms with van der Waals surface area (Å²) in [6, 6.07) is 15.2. The molecule has 0 spiro atoms. The number of phenolic OH excluding ortho intramolecular Hbond substituents is 1. The number of phenols is 1. The maximum absolute atomic E-state index is 12.7. The Hall–Kier alpha value is -3.96. The van der Waals surface area contributed by atoms with Gasteiger partial charge in [0.1, 0.15) is 12.0 Å². The number of nitrogens with one attached hydrogen (secondary N) is 1. The van der Waals surface area contributed by atoms with Gasteiger partial charge in [-0.15, -0.1) is 0 Å². The zero-order chi connectivity index (χ0) is 25.9. The van der Waals surface area contributed by atoms with Gasteiger partial charge in [0.15, 0.2) is 15.6 Å². The van der Waals surface area contributed by atoms with E-state index in [4.69, 9.17) is 4.52 Å². The number of aliphatic hydroxyl groups excluding tert-OH is 1. The Morgan fingerprint density at radius 2 is 1.89 bits per heavy atom. The van der Waals surface area contributed by atoms with E-state index in [9.17, 15) is 23.4 Å². The zero-order valence-electron chi connectivity index (χ0n) is 19.7. The second kappa shape index (κ2) is 9.96. The van der Waals surface area contributed by atoms with Crippen LogP contribution in [0.15, 0.2) is 77.7 Å². The average molecular weight is 511 g/mol. The van der Waals surface area contributed by atoms with E-state index < -0.39 is 26.7 Å². The van der Waals surface area contributed by atoms with E-state index in [-0.39, 0.29) is 24.3 Å². The Kier molecular flexibility index (Phi) is 6.95. The summed E-state index contributed by atoms with van der Waals surface area (Å²) in [6.45, 7) is 1.17. The summed E-state index contributed by atoms with van der Waals surface area (Å²) >= 11 is 0. The van der Waals surface area contributed by atoms with Crippen molar-refractivity contribution < 1.29 is 27.9 Å². The molecule has 10 nitrogen and oxygen atoms in total. The molecule has 3 N–H and O–H groups in total. The SMILES string of the molecule is CC(CNC(=O)c1ccccc1O)(CC(O)n1cc(-c2cccc(-c3ccno3)c2)cn1)S(C)(=O)=O. The van der Waals surface area contributed by atoms with E-state index in [2.05, 4.69) is 15.6 Å². The fourth-order valence-electron chi connectivity index (χ4n) is 3.73. The highest BCUT2D eigenvalue weighted by molar-refractivity contribution is 7.92. The minimum absolute atomic E-state index is 0.0261. The van der Waals surface area contributed by atoms with Crippen molar-refractivity contribution in [3.05, 3.63) is 78.8 Å². The molecule has 2 heterocycles. The van der Waals surface area contributed by atoms with Crippen molar-refractivity contribution in [3.8, 4) is 28.2 Å². The summed E-state index contributed by atoms with van der Waals surface area (Å²) in [4.78, 5) is 12.5. The number of sulfone groups is 1. The minimum atomic E-state index is -3.73. The van der Waals surface area contributed by atoms with E-state index >= 15 is 0 Å². The van der Waals surface area contributed by atoms with Crippen LogP contribution in [0.2, 0.25) is 0 Å². The molecule has 1 amide bonds. The average Bonchev–Trinajstić information content (AvgIpc) is 3.55. The third kappa shape index (κ3) is 5.31. The Balaban J connectivity index is 1.50. The number of carbonyl (C=O) groups excluding carboxylic acids is 1. The molecule has 0 bridgehead atoms. The van der Waals surface area contributed by atoms with Crippen LogP contribution in [-0.2, 0) is 9.84 Å². The first-order chi connectivity index (χ1) is 17.1. The van der Waals surface area contributed by atoms with Gasteiger partial charge >= 0.3 is 0 Å². The van der Waals surface area contributed by atoms with Gasteiger partial charge in [-0.2, -0.15) is 5.10 Å². The highest BCUT2D eigenvalue weighted by Gasteiger charge is 2.39. The van der Waals surface area contributed by atoms with Gasteiger partial charge in [-0.25, -0.2) is 13.1 Å². The first-order valence-electron chi connectivity index (χ1n) is 11.1. The smallest absolute Gasteiger partial charge is 0.255 e. The van der Waals surface area contributed by atoms with Gasteiger partial charge in [0.2, 0.25) is 0 Å². The monoisotopic (exact) mass is 510 g/mol. The Bertz CT molecular complexity index is 1470. The van der Waals surface area contributed by atoms with Gasteiger partial charge in [0.05, 0.1) is 22.7 Å². The van der Waals surface area contributed by atoms with E-state index in [1.807, 2.05) is 24.3 Å². The van der Waals surface area contributed by atoms with Crippen molar-refractivity contribution in [1.82, 2.24) is 20.3 Å². The second-order valence-corrected chi connectivity index (χ2v) is 11.3. The lowest BCUT2D eigenvalue weighted by molar-refractivity contribution is 0.0689. The van der Waals surface area contributed by atoms with Gasteiger partial charge in [0.25, 0.3) is 5.91 Å². The molecule has 11 heteroatoms. The fourth-order valence-corrected chi connectivity index (χ4v) is 4.52. The summed E-state index contributed by atoms with van der Waals surface area (Å²) in [5.74, 6) is -0.225. The normalized spacial score (nSPS) is 14.2. The van der Waals surface area contributed by atoms with Crippen LogP contribution in [0.5, 0.6) is 5.75 Å². The molecule has 0 aliphatic rings. The lowest BCUT2D eigenvalue weighted by atomic mass is 10.0. The van der Waals surface area contributed by atoms with Crippen molar-refractivity contribution in [3.63, 3.8) is 0 Å². The van der Waals surface area contributed by atoms with Crippen molar-refractivity contribution in [2.75, 3.05) is 12.8 Å². The highest BCUT2D eigenvalue weighted by atomic mass is 32.2. The molecule has 4 aromatic rings. The van der Waals surface area contributed by atoms with Crippen LogP contribution >= 0.6 is 0 Å². The molecule has 36 heavy (non-hydrogen) atoms. The maximum Gasteiger partial charge on any atom is 0.255 e. The Morgan fingerprint density at radius 3 is 2.58 bits per heavy atom. The minimum Gasteiger partial charge on any atom is -0.507 e. The second-order valence-electron chi connectivity index (χ2n) is 8.77. The summed E-state index contributed by atoms with van der Waals surface area (Å²) in [5, 5.41) is 31.3. The molecule has 2 aromatic heterocycles. The predicted octanol–water partition coefficient (Wildman–Crippen LogP) is 3.03. The molecule has 0 saturated carbocycles. The van der Waals surface area contributed by atoms with Crippen LogP contribution < -0.4 is 5.32 Å². The fraction of sp³-hybridized carbons (Fsp3) is 0.240. The number of aliphatic hydroxyl groups is 1. The number of para-hydroxylation sites is 1. The number of aromatic hydroxyl groups is 1. The van der Waals surface area contributed by atoms with Crippen molar-refractivity contribution in [2.45, 2.75) is 24.3 Å². The van der Waals surface area contributed by atoms with Gasteiger partial charge in [-0.1, -0.05) is 35.5 Å². The first kappa shape index (κ1) is 25.1. The van der Waals surface area contributed by atoms with E-state index in [0.717, 1.165) is 17.4 Å². The van der Waals surface area contributed by atoms with Crippen LogP contribution in [0.3, 0.4) is 0 Å². The van der Waals surface area contributed by atoms with Crippen molar-refractivity contribution in [1.29, 1.82) is 0 Å². The molecule has 0 saturated heterocycles. The van der Waals surface area contributed by atoms with Crippen LogP contribution in [0, 0.1) is 0 Å². The summed E-state index contributed by atoms with van der Waals surface area (Å²) in [7, 11) is -3.73. The topological polar surface area (TPSA) is 148 Å². The number of carbonyl (C=O) groups is 1. The third-order valence-electron chi connectivity index (χ3n) is 6.11. The number of nitrogens with zero attached hydrogens (tertiary/aromatic N) is 3. The molecule has 2 unspecified atom stereocenters. The predicted molar refractivity (Wildman–Crippen MR) is 133 cm³/mol. The number of benzene rings is 2. The van der Waals surface area contributed by atoms with Gasteiger partial charge in [-0.3, -0.25) is 4.79 Å². The Labute approximate surface area is 208 Å². The molecule has 0 radical (unpaired) electrons. The highest BCUT2D eigenvalue weighted by Crippen LogP contribution is 2.29. The maximum atomic E-state index is 12.7. The lowest BCUT2D eigenvalue weighted by Gasteiger charge is -2.30. The van der Waals surface area contributed by atoms with E-state index in [1.165, 1.54) is 23.7 Å². The van der Waals surface area contributed by atoms with Crippen LogP contribution in [-0.4, -0.2) is 57.0 Å². The van der Waals surface area contributed by atoms with Crippen molar-refractivity contribution >= 4 is 15.7 Å². The molecule has 2 atom stereocenters. The van der Waals surface area contributed by atoms with Crippen molar-refractivity contribution in [2.24, 2.45) is 0 Å². The molecular weight excluding hydrogens is 484 g/mol. The quantitative estimate of drug-likeness (QED) is 0.311.